The van der Waals surface area contributed by atoms with Gasteiger partial charge in [-0.1, -0.05) is 19.3 Å². The van der Waals surface area contributed by atoms with Gasteiger partial charge in [-0.25, -0.2) is 0 Å². The molecule has 2 heterocycles. The molecular weight excluding hydrogens is 240 g/mol. The van der Waals surface area contributed by atoms with Gasteiger partial charge < -0.3 is 14.6 Å². The Morgan fingerprint density at radius 1 is 1.16 bits per heavy atom. The smallest absolute Gasteiger partial charge is 0.0730 e. The second-order valence-electron chi connectivity index (χ2n) is 7.19. The average Bonchev–Trinajstić information content (AvgIpc) is 2.35. The molecule has 1 spiro atoms. The Morgan fingerprint density at radius 2 is 1.89 bits per heavy atom. The van der Waals surface area contributed by atoms with E-state index in [4.69, 9.17) is 9.47 Å². The van der Waals surface area contributed by atoms with E-state index in [2.05, 4.69) is 6.92 Å². The van der Waals surface area contributed by atoms with Crippen molar-refractivity contribution in [3.63, 3.8) is 0 Å². The molecule has 3 aliphatic rings. The van der Waals surface area contributed by atoms with Gasteiger partial charge in [0.1, 0.15) is 0 Å². The van der Waals surface area contributed by atoms with Gasteiger partial charge in [-0.2, -0.15) is 0 Å². The van der Waals surface area contributed by atoms with Crippen LogP contribution in [0.3, 0.4) is 0 Å². The molecule has 2 atom stereocenters. The summed E-state index contributed by atoms with van der Waals surface area (Å²) in [4.78, 5) is 0. The van der Waals surface area contributed by atoms with Gasteiger partial charge in [0, 0.05) is 19.8 Å². The van der Waals surface area contributed by atoms with Crippen molar-refractivity contribution in [2.24, 2.45) is 11.8 Å². The van der Waals surface area contributed by atoms with Crippen molar-refractivity contribution in [3.8, 4) is 0 Å². The first kappa shape index (κ1) is 13.8. The van der Waals surface area contributed by atoms with Crippen molar-refractivity contribution in [1.29, 1.82) is 0 Å². The molecule has 2 aliphatic heterocycles. The molecule has 3 rings (SSSR count). The predicted molar refractivity (Wildman–Crippen MR) is 74.0 cm³/mol. The Morgan fingerprint density at radius 3 is 2.53 bits per heavy atom. The van der Waals surface area contributed by atoms with Crippen LogP contribution in [0.2, 0.25) is 0 Å². The SMILES string of the molecule is CC(O)(CC1CCC1)C1CCOC2(CCOCC2)C1. The van der Waals surface area contributed by atoms with E-state index in [-0.39, 0.29) is 5.60 Å². The van der Waals surface area contributed by atoms with Crippen LogP contribution in [0.4, 0.5) is 0 Å². The molecule has 3 heteroatoms. The lowest BCUT2D eigenvalue weighted by molar-refractivity contribution is -0.176. The van der Waals surface area contributed by atoms with Gasteiger partial charge in [0.25, 0.3) is 0 Å². The van der Waals surface area contributed by atoms with Crippen molar-refractivity contribution in [3.05, 3.63) is 0 Å². The molecule has 3 nitrogen and oxygen atoms in total. The van der Waals surface area contributed by atoms with Crippen LogP contribution in [0.1, 0.15) is 58.3 Å². The zero-order valence-corrected chi connectivity index (χ0v) is 12.2. The molecule has 1 aliphatic carbocycles. The molecule has 110 valence electrons. The van der Waals surface area contributed by atoms with Crippen molar-refractivity contribution in [2.45, 2.75) is 69.5 Å². The Hall–Kier alpha value is -0.120. The third kappa shape index (κ3) is 2.98. The molecule has 0 bridgehead atoms. The molecule has 1 N–H and O–H groups in total. The maximum atomic E-state index is 10.9. The lowest BCUT2D eigenvalue weighted by atomic mass is 9.68. The van der Waals surface area contributed by atoms with E-state index in [1.165, 1.54) is 19.3 Å². The Kier molecular flexibility index (Phi) is 3.89. The van der Waals surface area contributed by atoms with Crippen LogP contribution in [0.25, 0.3) is 0 Å². The van der Waals surface area contributed by atoms with Crippen LogP contribution in [0.5, 0.6) is 0 Å². The second kappa shape index (κ2) is 5.34. The van der Waals surface area contributed by atoms with E-state index >= 15 is 0 Å². The van der Waals surface area contributed by atoms with Gasteiger partial charge in [-0.15, -0.1) is 0 Å². The fourth-order valence-electron chi connectivity index (χ4n) is 4.10. The fourth-order valence-corrected chi connectivity index (χ4v) is 4.10. The first-order valence-electron chi connectivity index (χ1n) is 8.04. The van der Waals surface area contributed by atoms with E-state index in [0.717, 1.165) is 57.8 Å². The van der Waals surface area contributed by atoms with E-state index in [9.17, 15) is 5.11 Å². The molecule has 3 fully saturated rings. The summed E-state index contributed by atoms with van der Waals surface area (Å²) in [6, 6.07) is 0. The highest BCUT2D eigenvalue weighted by atomic mass is 16.5. The lowest BCUT2D eigenvalue weighted by Gasteiger charge is -2.48. The minimum atomic E-state index is -0.500. The summed E-state index contributed by atoms with van der Waals surface area (Å²) >= 11 is 0. The summed E-state index contributed by atoms with van der Waals surface area (Å²) in [5.41, 5.74) is -0.495. The number of aliphatic hydroxyl groups is 1. The minimum Gasteiger partial charge on any atom is -0.390 e. The number of ether oxygens (including phenoxy) is 2. The maximum absolute atomic E-state index is 10.9. The summed E-state index contributed by atoms with van der Waals surface area (Å²) < 4.78 is 11.6. The average molecular weight is 268 g/mol. The molecule has 0 amide bonds. The Labute approximate surface area is 116 Å². The van der Waals surface area contributed by atoms with Crippen LogP contribution in [0, 0.1) is 11.8 Å². The standard InChI is InChI=1S/C16H28O3/c1-15(17,11-13-3-2-4-13)14-5-8-19-16(12-14)6-9-18-10-7-16/h13-14,17H,2-12H2,1H3. The number of hydrogen-bond donors (Lipinski definition) is 1. The summed E-state index contributed by atoms with van der Waals surface area (Å²) in [6.07, 6.45) is 9.03. The van der Waals surface area contributed by atoms with Gasteiger partial charge in [0.15, 0.2) is 0 Å². The van der Waals surface area contributed by atoms with Crippen LogP contribution in [-0.2, 0) is 9.47 Å². The Balaban J connectivity index is 1.62. The van der Waals surface area contributed by atoms with E-state index in [1.807, 2.05) is 0 Å². The summed E-state index contributed by atoms with van der Waals surface area (Å²) in [5.74, 6) is 1.17. The molecule has 0 aromatic carbocycles. The molecule has 0 aromatic heterocycles. The molecular formula is C16H28O3. The van der Waals surface area contributed by atoms with Crippen molar-refractivity contribution in [1.82, 2.24) is 0 Å². The second-order valence-corrected chi connectivity index (χ2v) is 7.19. The van der Waals surface area contributed by atoms with E-state index < -0.39 is 5.60 Å². The van der Waals surface area contributed by atoms with E-state index in [1.54, 1.807) is 0 Å². The van der Waals surface area contributed by atoms with Crippen LogP contribution in [0.15, 0.2) is 0 Å². The van der Waals surface area contributed by atoms with Gasteiger partial charge in [-0.3, -0.25) is 0 Å². The first-order valence-corrected chi connectivity index (χ1v) is 8.04. The largest absolute Gasteiger partial charge is 0.390 e. The van der Waals surface area contributed by atoms with Crippen molar-refractivity contribution in [2.75, 3.05) is 19.8 Å². The third-order valence-corrected chi connectivity index (χ3v) is 5.70. The predicted octanol–water partition coefficient (Wildman–Crippen LogP) is 2.90. The quantitative estimate of drug-likeness (QED) is 0.855. The normalized spacial score (nSPS) is 34.7. The zero-order valence-electron chi connectivity index (χ0n) is 12.2. The van der Waals surface area contributed by atoms with Crippen LogP contribution < -0.4 is 0 Å². The molecule has 2 unspecified atom stereocenters. The molecule has 0 radical (unpaired) electrons. The van der Waals surface area contributed by atoms with Crippen LogP contribution >= 0.6 is 0 Å². The summed E-state index contributed by atoms with van der Waals surface area (Å²) in [5, 5.41) is 10.9. The highest BCUT2D eigenvalue weighted by molar-refractivity contribution is 4.96. The van der Waals surface area contributed by atoms with Crippen LogP contribution in [-0.4, -0.2) is 36.1 Å². The first-order chi connectivity index (χ1) is 9.10. The number of hydrogen-bond acceptors (Lipinski definition) is 3. The molecule has 0 aromatic rings. The molecule has 1 saturated carbocycles. The van der Waals surface area contributed by atoms with Gasteiger partial charge in [0.05, 0.1) is 11.2 Å². The summed E-state index contributed by atoms with van der Waals surface area (Å²) in [6.45, 7) is 4.51. The maximum Gasteiger partial charge on any atom is 0.0730 e. The monoisotopic (exact) mass is 268 g/mol. The van der Waals surface area contributed by atoms with Crippen molar-refractivity contribution >= 4 is 0 Å². The highest BCUT2D eigenvalue weighted by Crippen LogP contribution is 2.44. The van der Waals surface area contributed by atoms with Gasteiger partial charge >= 0.3 is 0 Å². The lowest BCUT2D eigenvalue weighted by Crippen LogP contribution is -2.50. The van der Waals surface area contributed by atoms with Crippen molar-refractivity contribution < 1.29 is 14.6 Å². The van der Waals surface area contributed by atoms with Gasteiger partial charge in [-0.05, 0) is 50.9 Å². The highest BCUT2D eigenvalue weighted by Gasteiger charge is 2.45. The third-order valence-electron chi connectivity index (χ3n) is 5.70. The molecule has 19 heavy (non-hydrogen) atoms. The minimum absolute atomic E-state index is 0.00473. The number of rotatable bonds is 3. The van der Waals surface area contributed by atoms with Gasteiger partial charge in [0.2, 0.25) is 0 Å². The summed E-state index contributed by atoms with van der Waals surface area (Å²) in [7, 11) is 0. The molecule has 2 saturated heterocycles. The zero-order chi connectivity index (χ0) is 13.3. The van der Waals surface area contributed by atoms with E-state index in [0.29, 0.717) is 5.92 Å². The topological polar surface area (TPSA) is 38.7 Å². The fraction of sp³-hybridized carbons (Fsp3) is 1.00. The Bertz CT molecular complexity index is 298.